The van der Waals surface area contributed by atoms with Crippen molar-refractivity contribution in [2.45, 2.75) is 31.9 Å². The second kappa shape index (κ2) is 8.02. The highest BCUT2D eigenvalue weighted by Gasteiger charge is 1.98. The Kier molecular flexibility index (Phi) is 6.45. The van der Waals surface area contributed by atoms with Gasteiger partial charge in [-0.3, -0.25) is 0 Å². The maximum atomic E-state index is 10.3. The molecule has 0 aliphatic rings. The number of carbonyl (C=O) groups excluding carboxylic acids is 1. The Morgan fingerprint density at radius 1 is 1.25 bits per heavy atom. The second-order valence-electron chi connectivity index (χ2n) is 3.83. The Morgan fingerprint density at radius 2 is 2.00 bits per heavy atom. The van der Waals surface area contributed by atoms with Gasteiger partial charge in [0.2, 0.25) is 0 Å². The smallest absolute Gasteiger partial charge is 0.136 e. The summed E-state index contributed by atoms with van der Waals surface area (Å²) in [5.41, 5.74) is 6.66. The van der Waals surface area contributed by atoms with Crippen molar-refractivity contribution in [3.05, 3.63) is 35.9 Å². The zero-order valence-corrected chi connectivity index (χ0v) is 9.47. The zero-order chi connectivity index (χ0) is 11.6. The first-order valence-electron chi connectivity index (χ1n) is 5.65. The van der Waals surface area contributed by atoms with E-state index in [-0.39, 0.29) is 6.04 Å². The maximum Gasteiger partial charge on any atom is 0.136 e. The average molecular weight is 221 g/mol. The van der Waals surface area contributed by atoms with E-state index in [0.29, 0.717) is 6.61 Å². The molecule has 88 valence electrons. The second-order valence-corrected chi connectivity index (χ2v) is 3.83. The lowest BCUT2D eigenvalue weighted by molar-refractivity contribution is -0.109. The number of nitrogens with two attached hydrogens (primary N) is 1. The first kappa shape index (κ1) is 12.9. The summed E-state index contributed by atoms with van der Waals surface area (Å²) in [6, 6.07) is 9.77. The Bertz CT molecular complexity index is 287. The summed E-state index contributed by atoms with van der Waals surface area (Å²) in [6.45, 7) is 1.38. The Morgan fingerprint density at radius 3 is 2.69 bits per heavy atom. The summed E-state index contributed by atoms with van der Waals surface area (Å²) in [7, 11) is 0. The van der Waals surface area contributed by atoms with E-state index in [1.165, 1.54) is 5.56 Å². The molecule has 3 heteroatoms. The number of carbonyl (C=O) groups is 1. The molecule has 0 unspecified atom stereocenters. The van der Waals surface area contributed by atoms with Gasteiger partial charge < -0.3 is 15.3 Å². The van der Waals surface area contributed by atoms with Crippen LogP contribution in [0.5, 0.6) is 0 Å². The topological polar surface area (TPSA) is 52.3 Å². The van der Waals surface area contributed by atoms with Gasteiger partial charge >= 0.3 is 0 Å². The molecule has 0 aliphatic carbocycles. The van der Waals surface area contributed by atoms with Gasteiger partial charge in [0.05, 0.1) is 12.6 Å². The molecule has 0 spiro atoms. The Balaban J connectivity index is 1.98. The third kappa shape index (κ3) is 5.63. The van der Waals surface area contributed by atoms with Crippen LogP contribution in [0, 0.1) is 0 Å². The Labute approximate surface area is 96.6 Å². The van der Waals surface area contributed by atoms with Crippen molar-refractivity contribution < 1.29 is 9.53 Å². The molecule has 0 saturated carbocycles. The van der Waals surface area contributed by atoms with Crippen LogP contribution in [0.15, 0.2) is 30.3 Å². The number of hydrogen-bond donors (Lipinski definition) is 1. The predicted octanol–water partition coefficient (Wildman–Crippen LogP) is 1.90. The van der Waals surface area contributed by atoms with Gasteiger partial charge in [0.1, 0.15) is 6.29 Å². The molecule has 0 aliphatic heterocycles. The molecule has 1 rings (SSSR count). The molecule has 0 amide bonds. The van der Waals surface area contributed by atoms with E-state index < -0.39 is 0 Å². The predicted molar refractivity (Wildman–Crippen MR) is 64.0 cm³/mol. The minimum atomic E-state index is -0.311. The number of unbranched alkanes of at least 4 members (excludes halogenated alkanes) is 1. The first-order valence-corrected chi connectivity index (χ1v) is 5.65. The van der Waals surface area contributed by atoms with Crippen LogP contribution in [0.2, 0.25) is 0 Å². The molecule has 0 saturated heterocycles. The van der Waals surface area contributed by atoms with Crippen LogP contribution < -0.4 is 5.73 Å². The highest BCUT2D eigenvalue weighted by Crippen LogP contribution is 2.03. The summed E-state index contributed by atoms with van der Waals surface area (Å²) in [6.07, 6.45) is 3.44. The molecule has 3 nitrogen and oxygen atoms in total. The van der Waals surface area contributed by atoms with Crippen molar-refractivity contribution >= 4 is 6.29 Å². The van der Waals surface area contributed by atoms with Gasteiger partial charge in [0.15, 0.2) is 0 Å². The molecule has 0 bridgehead atoms. The third-order valence-electron chi connectivity index (χ3n) is 2.36. The standard InChI is InChI=1S/C13H19NO2/c14-13(10-15)8-4-5-9-16-11-12-6-2-1-3-7-12/h1-3,6-7,10,13H,4-5,8-9,11,14H2/t13-/m0/s1. The van der Waals surface area contributed by atoms with Crippen molar-refractivity contribution in [2.24, 2.45) is 5.73 Å². The van der Waals surface area contributed by atoms with Gasteiger partial charge in [-0.2, -0.15) is 0 Å². The molecule has 0 fully saturated rings. The first-order chi connectivity index (χ1) is 7.83. The lowest BCUT2D eigenvalue weighted by Crippen LogP contribution is -2.21. The van der Waals surface area contributed by atoms with Crippen molar-refractivity contribution in [1.82, 2.24) is 0 Å². The highest BCUT2D eigenvalue weighted by molar-refractivity contribution is 5.56. The highest BCUT2D eigenvalue weighted by atomic mass is 16.5. The molecular weight excluding hydrogens is 202 g/mol. The van der Waals surface area contributed by atoms with Gasteiger partial charge in [-0.1, -0.05) is 30.3 Å². The van der Waals surface area contributed by atoms with Crippen LogP contribution in [-0.2, 0) is 16.1 Å². The lowest BCUT2D eigenvalue weighted by atomic mass is 10.1. The van der Waals surface area contributed by atoms with Crippen LogP contribution in [0.3, 0.4) is 0 Å². The summed E-state index contributed by atoms with van der Waals surface area (Å²) in [5, 5.41) is 0. The van der Waals surface area contributed by atoms with Crippen LogP contribution in [-0.4, -0.2) is 18.9 Å². The van der Waals surface area contributed by atoms with E-state index in [1.807, 2.05) is 30.3 Å². The van der Waals surface area contributed by atoms with Gasteiger partial charge in [-0.25, -0.2) is 0 Å². The number of benzene rings is 1. The lowest BCUT2D eigenvalue weighted by Gasteiger charge is -2.05. The van der Waals surface area contributed by atoms with Crippen LogP contribution in [0.25, 0.3) is 0 Å². The Hall–Kier alpha value is -1.19. The fourth-order valence-electron chi connectivity index (χ4n) is 1.42. The number of aldehydes is 1. The number of hydrogen-bond acceptors (Lipinski definition) is 3. The van der Waals surface area contributed by atoms with Gasteiger partial charge in [-0.05, 0) is 24.8 Å². The molecule has 1 aromatic carbocycles. The maximum absolute atomic E-state index is 10.3. The minimum Gasteiger partial charge on any atom is -0.377 e. The van der Waals surface area contributed by atoms with E-state index in [9.17, 15) is 4.79 Å². The van der Waals surface area contributed by atoms with Crippen LogP contribution in [0.4, 0.5) is 0 Å². The van der Waals surface area contributed by atoms with Crippen molar-refractivity contribution in [3.63, 3.8) is 0 Å². The molecule has 2 N–H and O–H groups in total. The minimum absolute atomic E-state index is 0.311. The van der Waals surface area contributed by atoms with E-state index in [2.05, 4.69) is 0 Å². The van der Waals surface area contributed by atoms with Crippen LogP contribution >= 0.6 is 0 Å². The molecule has 16 heavy (non-hydrogen) atoms. The fourth-order valence-corrected chi connectivity index (χ4v) is 1.42. The van der Waals surface area contributed by atoms with E-state index in [1.54, 1.807) is 0 Å². The molecule has 0 aromatic heterocycles. The van der Waals surface area contributed by atoms with Gasteiger partial charge in [0, 0.05) is 6.61 Å². The van der Waals surface area contributed by atoms with E-state index in [4.69, 9.17) is 10.5 Å². The molecule has 0 radical (unpaired) electrons. The van der Waals surface area contributed by atoms with Gasteiger partial charge in [0.25, 0.3) is 0 Å². The summed E-state index contributed by atoms with van der Waals surface area (Å²) in [4.78, 5) is 10.3. The molecular formula is C13H19NO2. The SMILES string of the molecule is N[C@H](C=O)CCCCOCc1ccccc1. The van der Waals surface area contributed by atoms with Crippen molar-refractivity contribution in [3.8, 4) is 0 Å². The average Bonchev–Trinajstić information content (AvgIpc) is 2.34. The molecule has 1 atom stereocenters. The largest absolute Gasteiger partial charge is 0.377 e. The van der Waals surface area contributed by atoms with E-state index in [0.717, 1.165) is 32.2 Å². The van der Waals surface area contributed by atoms with Crippen molar-refractivity contribution in [2.75, 3.05) is 6.61 Å². The van der Waals surface area contributed by atoms with Gasteiger partial charge in [-0.15, -0.1) is 0 Å². The molecule has 1 aromatic rings. The zero-order valence-electron chi connectivity index (χ0n) is 9.47. The third-order valence-corrected chi connectivity index (χ3v) is 2.36. The normalized spacial score (nSPS) is 12.3. The number of rotatable bonds is 8. The number of ether oxygens (including phenoxy) is 1. The van der Waals surface area contributed by atoms with E-state index >= 15 is 0 Å². The monoisotopic (exact) mass is 221 g/mol. The molecule has 0 heterocycles. The summed E-state index contributed by atoms with van der Waals surface area (Å²) in [5.74, 6) is 0. The van der Waals surface area contributed by atoms with Crippen molar-refractivity contribution in [1.29, 1.82) is 0 Å². The quantitative estimate of drug-likeness (QED) is 0.539. The fraction of sp³-hybridized carbons (Fsp3) is 0.462. The summed E-state index contributed by atoms with van der Waals surface area (Å²) < 4.78 is 5.51. The summed E-state index contributed by atoms with van der Waals surface area (Å²) >= 11 is 0. The van der Waals surface area contributed by atoms with Crippen LogP contribution in [0.1, 0.15) is 24.8 Å².